The summed E-state index contributed by atoms with van der Waals surface area (Å²) in [5.41, 5.74) is 1.70. The maximum absolute atomic E-state index is 13.6. The lowest BCUT2D eigenvalue weighted by Gasteiger charge is -2.28. The summed E-state index contributed by atoms with van der Waals surface area (Å²) in [5.74, 6) is -1.14. The number of nitrogens with one attached hydrogen (secondary N) is 4. The molecular formula is C30H38N6O6. The fourth-order valence-electron chi connectivity index (χ4n) is 4.96. The van der Waals surface area contributed by atoms with Crippen LogP contribution in [0.1, 0.15) is 55.7 Å². The van der Waals surface area contributed by atoms with Crippen molar-refractivity contribution in [3.05, 3.63) is 48.0 Å². The topological polar surface area (TPSA) is 164 Å². The van der Waals surface area contributed by atoms with Crippen LogP contribution >= 0.6 is 0 Å². The molecule has 2 aromatic heterocycles. The average molecular weight is 579 g/mol. The van der Waals surface area contributed by atoms with Crippen LogP contribution in [0.25, 0.3) is 10.9 Å². The van der Waals surface area contributed by atoms with Gasteiger partial charge in [0.25, 0.3) is 5.91 Å². The number of H-pyrrole nitrogens is 1. The molecule has 0 aliphatic carbocycles. The van der Waals surface area contributed by atoms with Crippen molar-refractivity contribution < 1.29 is 28.7 Å². The van der Waals surface area contributed by atoms with Crippen molar-refractivity contribution in [3.63, 3.8) is 0 Å². The molecule has 12 nitrogen and oxygen atoms in total. The number of ether oxygens (including phenoxy) is 2. The van der Waals surface area contributed by atoms with Crippen LogP contribution in [-0.4, -0.2) is 70.8 Å². The Hall–Kier alpha value is -4.48. The third-order valence-corrected chi connectivity index (χ3v) is 7.16. The van der Waals surface area contributed by atoms with Crippen LogP contribution in [0.3, 0.4) is 0 Å². The Morgan fingerprint density at radius 3 is 2.62 bits per heavy atom. The maximum atomic E-state index is 13.6. The summed E-state index contributed by atoms with van der Waals surface area (Å²) in [4.78, 5) is 64.0. The lowest BCUT2D eigenvalue weighted by atomic mass is 9.90. The van der Waals surface area contributed by atoms with E-state index in [1.165, 1.54) is 12.4 Å². The molecule has 3 amide bonds. The predicted octanol–water partition coefficient (Wildman–Crippen LogP) is 2.47. The van der Waals surface area contributed by atoms with Gasteiger partial charge in [-0.05, 0) is 56.7 Å². The van der Waals surface area contributed by atoms with E-state index in [0.29, 0.717) is 30.8 Å². The van der Waals surface area contributed by atoms with E-state index < -0.39 is 35.6 Å². The number of rotatable bonds is 13. The highest BCUT2D eigenvalue weighted by molar-refractivity contribution is 6.02. The number of Topliss-reactive ketones (excluding diaryl/α,β-unsaturated/α-hetero) is 1. The zero-order chi connectivity index (χ0) is 30.2. The van der Waals surface area contributed by atoms with Gasteiger partial charge in [0.2, 0.25) is 17.7 Å². The van der Waals surface area contributed by atoms with Gasteiger partial charge in [-0.15, -0.1) is 0 Å². The second-order valence-corrected chi connectivity index (χ2v) is 10.9. The van der Waals surface area contributed by atoms with Gasteiger partial charge < -0.3 is 30.4 Å². The molecule has 1 aromatic carbocycles. The fraction of sp³-hybridized carbons (Fsp3) is 0.467. The number of aromatic nitrogens is 3. The number of piperidine rings is 1. The smallest absolute Gasteiger partial charge is 0.268 e. The number of methoxy groups -OCH3 is 1. The van der Waals surface area contributed by atoms with E-state index in [2.05, 4.69) is 30.9 Å². The van der Waals surface area contributed by atoms with Gasteiger partial charge in [0.05, 0.1) is 31.2 Å². The number of benzene rings is 1. The first-order valence-electron chi connectivity index (χ1n) is 14.1. The van der Waals surface area contributed by atoms with E-state index in [0.717, 1.165) is 17.3 Å². The number of amides is 3. The quantitative estimate of drug-likeness (QED) is 0.240. The van der Waals surface area contributed by atoms with Gasteiger partial charge in [0.1, 0.15) is 17.5 Å². The molecule has 0 unspecified atom stereocenters. The van der Waals surface area contributed by atoms with Gasteiger partial charge in [-0.2, -0.15) is 0 Å². The standard InChI is InChI=1S/C30H38N6O6/c1-17(2)11-23(36-30(40)24-13-20-21(34-24)8-5-9-26(20)41-4)29(39)35-22(12-19-7-6-10-31-28(19)38)25(37)16-42-27-15-32-18(3)14-33-27/h5,8-9,13-15,17,19,22-23,34H,6-7,10-12,16H2,1-4H3,(H,31,38)(H,35,39)(H,36,40)/t19-,22-,23-/m0/s1. The summed E-state index contributed by atoms with van der Waals surface area (Å²) in [6.07, 6.45) is 4.77. The van der Waals surface area contributed by atoms with Gasteiger partial charge in [0, 0.05) is 23.4 Å². The first-order chi connectivity index (χ1) is 20.1. The van der Waals surface area contributed by atoms with Crippen LogP contribution in [-0.2, 0) is 14.4 Å². The first-order valence-corrected chi connectivity index (χ1v) is 14.1. The second kappa shape index (κ2) is 13.9. The molecule has 0 radical (unpaired) electrons. The number of ketones is 1. The Morgan fingerprint density at radius 1 is 1.12 bits per heavy atom. The summed E-state index contributed by atoms with van der Waals surface area (Å²) in [7, 11) is 1.55. The Labute approximate surface area is 244 Å². The first kappa shape index (κ1) is 30.5. The summed E-state index contributed by atoms with van der Waals surface area (Å²) < 4.78 is 10.9. The number of carbonyl (C=O) groups is 4. The molecule has 0 spiro atoms. The third kappa shape index (κ3) is 7.83. The van der Waals surface area contributed by atoms with E-state index in [9.17, 15) is 19.2 Å². The van der Waals surface area contributed by atoms with Crippen LogP contribution in [0.4, 0.5) is 0 Å². The van der Waals surface area contributed by atoms with E-state index in [1.54, 1.807) is 26.2 Å². The van der Waals surface area contributed by atoms with Gasteiger partial charge >= 0.3 is 0 Å². The van der Waals surface area contributed by atoms with Crippen LogP contribution in [0.15, 0.2) is 36.7 Å². The van der Waals surface area contributed by atoms with Crippen LogP contribution in [0.2, 0.25) is 0 Å². The van der Waals surface area contributed by atoms with Crippen molar-refractivity contribution >= 4 is 34.4 Å². The average Bonchev–Trinajstić information content (AvgIpc) is 3.42. The lowest BCUT2D eigenvalue weighted by molar-refractivity contribution is -0.132. The van der Waals surface area contributed by atoms with Crippen molar-refractivity contribution in [2.75, 3.05) is 20.3 Å². The number of nitrogens with zero attached hydrogens (tertiary/aromatic N) is 2. The van der Waals surface area contributed by atoms with Gasteiger partial charge in [-0.3, -0.25) is 24.2 Å². The molecule has 1 fully saturated rings. The van der Waals surface area contributed by atoms with Crippen molar-refractivity contribution in [2.45, 2.75) is 58.5 Å². The van der Waals surface area contributed by atoms with E-state index in [-0.39, 0.29) is 36.4 Å². The summed E-state index contributed by atoms with van der Waals surface area (Å²) in [5, 5.41) is 9.19. The molecule has 12 heteroatoms. The number of carbonyl (C=O) groups excluding carboxylic acids is 4. The third-order valence-electron chi connectivity index (χ3n) is 7.16. The van der Waals surface area contributed by atoms with Gasteiger partial charge in [-0.25, -0.2) is 4.98 Å². The van der Waals surface area contributed by atoms with E-state index in [1.807, 2.05) is 26.0 Å². The van der Waals surface area contributed by atoms with E-state index in [4.69, 9.17) is 9.47 Å². The molecule has 1 aliphatic rings. The van der Waals surface area contributed by atoms with Crippen molar-refractivity contribution in [3.8, 4) is 11.6 Å². The molecule has 4 rings (SSSR count). The zero-order valence-corrected chi connectivity index (χ0v) is 24.4. The Bertz CT molecular complexity index is 1420. The second-order valence-electron chi connectivity index (χ2n) is 10.9. The highest BCUT2D eigenvalue weighted by Gasteiger charge is 2.33. The zero-order valence-electron chi connectivity index (χ0n) is 24.4. The normalized spacial score (nSPS) is 16.4. The molecule has 224 valence electrons. The minimum Gasteiger partial charge on any atom is -0.496 e. The number of aromatic amines is 1. The largest absolute Gasteiger partial charge is 0.496 e. The van der Waals surface area contributed by atoms with Crippen molar-refractivity contribution in [2.24, 2.45) is 11.8 Å². The van der Waals surface area contributed by atoms with Crippen LogP contribution in [0.5, 0.6) is 11.6 Å². The van der Waals surface area contributed by atoms with Crippen LogP contribution in [0, 0.1) is 18.8 Å². The maximum Gasteiger partial charge on any atom is 0.268 e. The summed E-state index contributed by atoms with van der Waals surface area (Å²) in [6.45, 7) is 5.87. The monoisotopic (exact) mass is 578 g/mol. The molecule has 3 aromatic rings. The SMILES string of the molecule is COc1cccc2[nH]c(C(=O)N[C@@H](CC(C)C)C(=O)N[C@@H](C[C@@H]3CCCNC3=O)C(=O)COc3cnc(C)cn3)cc12. The van der Waals surface area contributed by atoms with Crippen LogP contribution < -0.4 is 25.4 Å². The molecule has 0 bridgehead atoms. The molecule has 1 saturated heterocycles. The van der Waals surface area contributed by atoms with Crippen molar-refractivity contribution in [1.82, 2.24) is 30.9 Å². The molecule has 0 saturated carbocycles. The number of fused-ring (bicyclic) bond motifs is 1. The highest BCUT2D eigenvalue weighted by atomic mass is 16.5. The molecule has 42 heavy (non-hydrogen) atoms. The Morgan fingerprint density at radius 2 is 1.93 bits per heavy atom. The minimum absolute atomic E-state index is 0.0607. The predicted molar refractivity (Wildman–Crippen MR) is 155 cm³/mol. The Balaban J connectivity index is 1.50. The van der Waals surface area contributed by atoms with Crippen molar-refractivity contribution in [1.29, 1.82) is 0 Å². The fourth-order valence-corrected chi connectivity index (χ4v) is 4.96. The molecule has 1 aliphatic heterocycles. The summed E-state index contributed by atoms with van der Waals surface area (Å²) in [6, 6.07) is 5.18. The molecule has 3 atom stereocenters. The number of hydrogen-bond donors (Lipinski definition) is 4. The highest BCUT2D eigenvalue weighted by Crippen LogP contribution is 2.26. The van der Waals surface area contributed by atoms with Gasteiger partial charge in [0.15, 0.2) is 12.4 Å². The lowest BCUT2D eigenvalue weighted by Crippen LogP contribution is -2.54. The molecular weight excluding hydrogens is 540 g/mol. The van der Waals surface area contributed by atoms with Gasteiger partial charge in [-0.1, -0.05) is 19.9 Å². The number of aryl methyl sites for hydroxylation is 1. The molecule has 4 N–H and O–H groups in total. The Kier molecular flexibility index (Phi) is 10.1. The number of hydrogen-bond acceptors (Lipinski definition) is 8. The minimum atomic E-state index is -1.01. The summed E-state index contributed by atoms with van der Waals surface area (Å²) >= 11 is 0. The van der Waals surface area contributed by atoms with E-state index >= 15 is 0 Å². The molecule has 3 heterocycles.